The fourth-order valence-corrected chi connectivity index (χ4v) is 6.96. The van der Waals surface area contributed by atoms with Crippen molar-refractivity contribution in [1.29, 1.82) is 0 Å². The van der Waals surface area contributed by atoms with Gasteiger partial charge in [-0.3, -0.25) is 4.52 Å². The zero-order valence-electron chi connectivity index (χ0n) is 15.3. The molecule has 0 bridgehead atoms. The van der Waals surface area contributed by atoms with Crippen LogP contribution < -0.4 is 0 Å². The average molecular weight is 498 g/mol. The molecular formula is C11H22BO13P3S. The van der Waals surface area contributed by atoms with E-state index in [2.05, 4.69) is 13.1 Å². The molecule has 0 aromatic rings. The predicted octanol–water partition coefficient (Wildman–Crippen LogP) is 0.868. The highest BCUT2D eigenvalue weighted by atomic mass is 32.2. The summed E-state index contributed by atoms with van der Waals surface area (Å²) in [7, 11) is -9.05. The van der Waals surface area contributed by atoms with E-state index in [1.165, 1.54) is 7.11 Å². The molecule has 2 aliphatic rings. The molecule has 0 saturated carbocycles. The summed E-state index contributed by atoms with van der Waals surface area (Å²) >= 11 is 1.75. The Balaban J connectivity index is 1.97. The number of hydrogen-bond acceptors (Lipinski definition) is 10. The first-order valence-electron chi connectivity index (χ1n) is 8.25. The van der Waals surface area contributed by atoms with Crippen molar-refractivity contribution in [2.75, 3.05) is 25.2 Å². The van der Waals surface area contributed by atoms with Crippen molar-refractivity contribution in [2.45, 2.75) is 43.3 Å². The molecular weight excluding hydrogens is 476 g/mol. The maximum atomic E-state index is 11.9. The summed E-state index contributed by atoms with van der Waals surface area (Å²) < 4.78 is 62.8. The van der Waals surface area contributed by atoms with Crippen LogP contribution in [0.4, 0.5) is 0 Å². The van der Waals surface area contributed by atoms with Crippen LogP contribution in [0.25, 0.3) is 0 Å². The molecule has 5 unspecified atom stereocenters. The van der Waals surface area contributed by atoms with E-state index < -0.39 is 54.1 Å². The van der Waals surface area contributed by atoms with Gasteiger partial charge in [-0.2, -0.15) is 20.4 Å². The third-order valence-corrected chi connectivity index (χ3v) is 8.83. The van der Waals surface area contributed by atoms with Crippen molar-refractivity contribution in [3.05, 3.63) is 0 Å². The minimum absolute atomic E-state index is 0.239. The first-order valence-corrected chi connectivity index (χ1v) is 13.9. The van der Waals surface area contributed by atoms with Gasteiger partial charge in [0.15, 0.2) is 5.79 Å². The molecule has 2 rings (SSSR count). The van der Waals surface area contributed by atoms with Crippen LogP contribution in [-0.2, 0) is 41.1 Å². The van der Waals surface area contributed by atoms with Crippen LogP contribution in [0.1, 0.15) is 19.3 Å². The molecule has 0 aromatic heterocycles. The Hall–Kier alpha value is 0.705. The van der Waals surface area contributed by atoms with Gasteiger partial charge < -0.3 is 33.8 Å². The third-order valence-electron chi connectivity index (χ3n) is 4.04. The van der Waals surface area contributed by atoms with E-state index in [9.17, 15) is 18.6 Å². The molecule has 2 radical (unpaired) electrons. The molecule has 0 amide bonds. The molecule has 4 N–H and O–H groups in total. The number of phosphoric acid groups is 3. The fraction of sp³-hybridized carbons (Fsp3) is 1.00. The highest BCUT2D eigenvalue weighted by Gasteiger charge is 2.45. The second-order valence-corrected chi connectivity index (χ2v) is 11.9. The van der Waals surface area contributed by atoms with E-state index >= 15 is 0 Å². The van der Waals surface area contributed by atoms with Crippen molar-refractivity contribution >= 4 is 43.1 Å². The lowest BCUT2D eigenvalue weighted by Crippen LogP contribution is -2.44. The summed E-state index contributed by atoms with van der Waals surface area (Å²) in [6.45, 7) is -0.628. The van der Waals surface area contributed by atoms with Crippen LogP contribution in [-0.4, -0.2) is 76.6 Å². The second kappa shape index (κ2) is 10.1. The molecule has 2 aliphatic heterocycles. The van der Waals surface area contributed by atoms with Crippen LogP contribution >= 0.6 is 35.2 Å². The molecule has 0 aromatic carbocycles. The minimum atomic E-state index is -5.59. The van der Waals surface area contributed by atoms with Crippen LogP contribution in [0.2, 0.25) is 0 Å². The molecule has 2 heterocycles. The smallest absolute Gasteiger partial charge is 0.380 e. The predicted molar refractivity (Wildman–Crippen MR) is 100 cm³/mol. The standard InChI is InChI=1S/C11H22BO13P3S/c1-20-11(2-4-29-5-3-11)23-8-6-10(12)22-9(8)7-21-27(16,17)25-28(18,19)24-26(13,14)15/h8-10H,2-7H2,1H3,(H,16,17)(H,18,19)(H2,13,14,15). The van der Waals surface area contributed by atoms with Crippen LogP contribution in [0.15, 0.2) is 0 Å². The Bertz CT molecular complexity index is 697. The monoisotopic (exact) mass is 498 g/mol. The lowest BCUT2D eigenvalue weighted by atomic mass is 9.95. The first kappa shape index (κ1) is 26.0. The maximum absolute atomic E-state index is 11.9. The van der Waals surface area contributed by atoms with Crippen LogP contribution in [0.3, 0.4) is 0 Å². The van der Waals surface area contributed by atoms with Gasteiger partial charge in [0.1, 0.15) is 14.0 Å². The number of thioether (sulfide) groups is 1. The molecule has 5 atom stereocenters. The van der Waals surface area contributed by atoms with Gasteiger partial charge in [-0.1, -0.05) is 0 Å². The molecule has 2 fully saturated rings. The first-order chi connectivity index (χ1) is 13.2. The lowest BCUT2D eigenvalue weighted by Gasteiger charge is -2.38. The SMILES string of the molecule is [B]C1CC(OC2(OC)CCSCC2)C(COP(=O)(O)OP(=O)(O)OP(=O)(O)O)O1. The Morgan fingerprint density at radius 2 is 1.72 bits per heavy atom. The van der Waals surface area contributed by atoms with Gasteiger partial charge in [0.25, 0.3) is 0 Å². The highest BCUT2D eigenvalue weighted by molar-refractivity contribution is 7.99. The zero-order valence-corrected chi connectivity index (χ0v) is 18.8. The number of hydrogen-bond donors (Lipinski definition) is 4. The van der Waals surface area contributed by atoms with Gasteiger partial charge in [0.2, 0.25) is 0 Å². The normalized spacial score (nSPS) is 31.8. The van der Waals surface area contributed by atoms with Gasteiger partial charge in [-0.15, -0.1) is 0 Å². The van der Waals surface area contributed by atoms with Gasteiger partial charge in [-0.25, -0.2) is 13.7 Å². The van der Waals surface area contributed by atoms with E-state index in [1.54, 1.807) is 11.8 Å². The van der Waals surface area contributed by atoms with E-state index in [0.29, 0.717) is 12.8 Å². The number of rotatable bonds is 10. The molecule has 13 nitrogen and oxygen atoms in total. The Morgan fingerprint density at radius 3 is 2.28 bits per heavy atom. The lowest BCUT2D eigenvalue weighted by molar-refractivity contribution is -0.257. The van der Waals surface area contributed by atoms with E-state index in [-0.39, 0.29) is 6.42 Å². The molecule has 168 valence electrons. The molecule has 0 spiro atoms. The highest BCUT2D eigenvalue weighted by Crippen LogP contribution is 2.66. The number of methoxy groups -OCH3 is 1. The quantitative estimate of drug-likeness (QED) is 0.189. The van der Waals surface area contributed by atoms with Crippen LogP contribution in [0.5, 0.6) is 0 Å². The Morgan fingerprint density at radius 1 is 1.10 bits per heavy atom. The van der Waals surface area contributed by atoms with Gasteiger partial charge in [0, 0.05) is 26.0 Å². The second-order valence-electron chi connectivity index (χ2n) is 6.22. The van der Waals surface area contributed by atoms with Gasteiger partial charge in [0.05, 0.1) is 12.7 Å². The van der Waals surface area contributed by atoms with Gasteiger partial charge in [-0.05, 0) is 17.9 Å². The van der Waals surface area contributed by atoms with Crippen molar-refractivity contribution < 1.29 is 60.6 Å². The Kier molecular flexibility index (Phi) is 9.04. The Labute approximate surface area is 172 Å². The van der Waals surface area contributed by atoms with Gasteiger partial charge >= 0.3 is 23.5 Å². The van der Waals surface area contributed by atoms with E-state index in [0.717, 1.165) is 11.5 Å². The van der Waals surface area contributed by atoms with Crippen molar-refractivity contribution in [2.24, 2.45) is 0 Å². The van der Waals surface area contributed by atoms with E-state index in [1.807, 2.05) is 0 Å². The molecule has 18 heteroatoms. The third kappa shape index (κ3) is 8.63. The van der Waals surface area contributed by atoms with Crippen molar-refractivity contribution in [3.63, 3.8) is 0 Å². The topological polar surface area (TPSA) is 188 Å². The van der Waals surface area contributed by atoms with Crippen molar-refractivity contribution in [1.82, 2.24) is 0 Å². The van der Waals surface area contributed by atoms with Crippen LogP contribution in [0, 0.1) is 0 Å². The average Bonchev–Trinajstić information content (AvgIpc) is 2.90. The number of ether oxygens (including phenoxy) is 3. The summed E-state index contributed by atoms with van der Waals surface area (Å²) in [6, 6.07) is -0.749. The minimum Gasteiger partial charge on any atom is -0.380 e. The molecule has 2 saturated heterocycles. The summed E-state index contributed by atoms with van der Waals surface area (Å²) in [4.78, 5) is 35.8. The van der Waals surface area contributed by atoms with Crippen molar-refractivity contribution in [3.8, 4) is 0 Å². The summed E-state index contributed by atoms with van der Waals surface area (Å²) in [6.07, 6.45) is -0.134. The number of phosphoric ester groups is 1. The largest absolute Gasteiger partial charge is 0.490 e. The summed E-state index contributed by atoms with van der Waals surface area (Å²) in [5.74, 6) is 0.776. The molecule has 0 aliphatic carbocycles. The fourth-order valence-electron chi connectivity index (χ4n) is 2.82. The summed E-state index contributed by atoms with van der Waals surface area (Å²) in [5.41, 5.74) is 0. The maximum Gasteiger partial charge on any atom is 0.490 e. The summed E-state index contributed by atoms with van der Waals surface area (Å²) in [5, 5.41) is 0. The van der Waals surface area contributed by atoms with E-state index in [4.69, 9.17) is 36.7 Å². The zero-order chi connectivity index (χ0) is 21.9. The molecule has 29 heavy (non-hydrogen) atoms.